The zero-order valence-corrected chi connectivity index (χ0v) is 15.4. The first-order valence-corrected chi connectivity index (χ1v) is 9.31. The monoisotopic (exact) mass is 325 g/mol. The Balaban J connectivity index is 1.70. The molecule has 2 saturated heterocycles. The van der Waals surface area contributed by atoms with Gasteiger partial charge in [0.15, 0.2) is 0 Å². The summed E-state index contributed by atoms with van der Waals surface area (Å²) in [5, 5.41) is 3.75. The Kier molecular flexibility index (Phi) is 6.72. The molecule has 0 aliphatic carbocycles. The molecule has 2 heterocycles. The van der Waals surface area contributed by atoms with E-state index < -0.39 is 5.60 Å². The van der Waals surface area contributed by atoms with E-state index in [1.165, 1.54) is 26.1 Å². The molecule has 2 rings (SSSR count). The third kappa shape index (κ3) is 6.30. The molecule has 0 radical (unpaired) electrons. The van der Waals surface area contributed by atoms with E-state index in [1.807, 2.05) is 25.7 Å². The summed E-state index contributed by atoms with van der Waals surface area (Å²) in [5.41, 5.74) is -0.408. The average molecular weight is 325 g/mol. The second-order valence-corrected chi connectivity index (χ2v) is 8.05. The smallest absolute Gasteiger partial charge is 0.410 e. The molecule has 5 nitrogen and oxygen atoms in total. The van der Waals surface area contributed by atoms with Crippen molar-refractivity contribution in [3.8, 4) is 0 Å². The molecule has 1 N–H and O–H groups in total. The number of likely N-dealkylation sites (tertiary alicyclic amines) is 2. The van der Waals surface area contributed by atoms with Crippen molar-refractivity contribution in [2.24, 2.45) is 5.92 Å². The number of nitrogens with one attached hydrogen (secondary N) is 1. The van der Waals surface area contributed by atoms with E-state index in [2.05, 4.69) is 17.1 Å². The van der Waals surface area contributed by atoms with Gasteiger partial charge in [0, 0.05) is 25.7 Å². The Morgan fingerprint density at radius 2 is 1.96 bits per heavy atom. The minimum absolute atomic E-state index is 0.160. The van der Waals surface area contributed by atoms with Gasteiger partial charge >= 0.3 is 6.09 Å². The van der Waals surface area contributed by atoms with Gasteiger partial charge in [-0.25, -0.2) is 4.79 Å². The van der Waals surface area contributed by atoms with Gasteiger partial charge in [-0.15, -0.1) is 0 Å². The number of carbonyl (C=O) groups is 1. The first-order chi connectivity index (χ1) is 10.9. The van der Waals surface area contributed by atoms with Gasteiger partial charge in [0.1, 0.15) is 5.60 Å². The second-order valence-electron chi connectivity index (χ2n) is 8.05. The van der Waals surface area contributed by atoms with E-state index in [4.69, 9.17) is 4.74 Å². The molecule has 1 amide bonds. The fraction of sp³-hybridized carbons (Fsp3) is 0.944. The lowest BCUT2D eigenvalue weighted by Crippen LogP contribution is -2.38. The Hall–Kier alpha value is -0.810. The molecule has 5 heteroatoms. The number of ether oxygens (including phenoxy) is 1. The van der Waals surface area contributed by atoms with E-state index in [0.29, 0.717) is 6.04 Å². The highest BCUT2D eigenvalue weighted by Crippen LogP contribution is 2.18. The number of nitrogens with zero attached hydrogens (tertiary/aromatic N) is 2. The van der Waals surface area contributed by atoms with Crippen LogP contribution in [0.15, 0.2) is 0 Å². The summed E-state index contributed by atoms with van der Waals surface area (Å²) in [6, 6.07) is 0.540. The number of rotatable bonds is 4. The number of hydrogen-bond acceptors (Lipinski definition) is 4. The summed E-state index contributed by atoms with van der Waals surface area (Å²) in [4.78, 5) is 16.6. The first-order valence-electron chi connectivity index (χ1n) is 9.31. The lowest BCUT2D eigenvalue weighted by atomic mass is 10.1. The highest BCUT2D eigenvalue weighted by Gasteiger charge is 2.26. The molecule has 0 aromatic heterocycles. The summed E-state index contributed by atoms with van der Waals surface area (Å²) >= 11 is 0. The Bertz CT molecular complexity index is 381. The zero-order chi connectivity index (χ0) is 16.9. The topological polar surface area (TPSA) is 44.8 Å². The number of hydrogen-bond donors (Lipinski definition) is 1. The van der Waals surface area contributed by atoms with Crippen LogP contribution < -0.4 is 5.32 Å². The lowest BCUT2D eigenvalue weighted by molar-refractivity contribution is 0.0256. The third-order valence-electron chi connectivity index (χ3n) is 4.89. The van der Waals surface area contributed by atoms with Crippen LogP contribution in [0.3, 0.4) is 0 Å². The van der Waals surface area contributed by atoms with E-state index >= 15 is 0 Å². The van der Waals surface area contributed by atoms with Crippen molar-refractivity contribution in [2.45, 2.75) is 65.0 Å². The molecule has 0 spiro atoms. The van der Waals surface area contributed by atoms with Crippen molar-refractivity contribution in [1.29, 1.82) is 0 Å². The van der Waals surface area contributed by atoms with Gasteiger partial charge in [-0.05, 0) is 72.0 Å². The third-order valence-corrected chi connectivity index (χ3v) is 4.89. The van der Waals surface area contributed by atoms with Crippen LogP contribution in [0.5, 0.6) is 0 Å². The van der Waals surface area contributed by atoms with Crippen LogP contribution in [0, 0.1) is 5.92 Å². The fourth-order valence-corrected chi connectivity index (χ4v) is 3.51. The molecule has 2 unspecified atom stereocenters. The molecule has 23 heavy (non-hydrogen) atoms. The Morgan fingerprint density at radius 3 is 2.61 bits per heavy atom. The standard InChI is InChI=1S/C18H35N3O2/c1-5-20-11-8-15(14-20)13-19-16-7-6-10-21(12-9-16)17(22)23-18(2,3)4/h15-16,19H,5-14H2,1-4H3. The first kappa shape index (κ1) is 18.5. The minimum atomic E-state index is -0.408. The van der Waals surface area contributed by atoms with Crippen LogP contribution in [0.1, 0.15) is 53.4 Å². The minimum Gasteiger partial charge on any atom is -0.444 e. The van der Waals surface area contributed by atoms with E-state index in [1.54, 1.807) is 0 Å². The molecular formula is C18H35N3O2. The maximum Gasteiger partial charge on any atom is 0.410 e. The summed E-state index contributed by atoms with van der Waals surface area (Å²) in [6.45, 7) is 14.4. The van der Waals surface area contributed by atoms with Crippen LogP contribution in [-0.4, -0.2) is 66.8 Å². The molecule has 2 fully saturated rings. The molecule has 2 aliphatic rings. The zero-order valence-electron chi connectivity index (χ0n) is 15.4. The van der Waals surface area contributed by atoms with Crippen molar-refractivity contribution >= 4 is 6.09 Å². The number of carbonyl (C=O) groups excluding carboxylic acids is 1. The second kappa shape index (κ2) is 8.34. The molecule has 0 bridgehead atoms. The maximum absolute atomic E-state index is 12.2. The SMILES string of the molecule is CCN1CCC(CNC2CCCN(C(=O)OC(C)(C)C)CC2)C1. The molecule has 2 atom stereocenters. The van der Waals surface area contributed by atoms with Gasteiger partial charge in [-0.3, -0.25) is 0 Å². The Labute approximate surface area is 141 Å². The van der Waals surface area contributed by atoms with Crippen molar-refractivity contribution in [3.63, 3.8) is 0 Å². The number of amides is 1. The predicted octanol–water partition coefficient (Wildman–Crippen LogP) is 2.71. The Morgan fingerprint density at radius 1 is 1.17 bits per heavy atom. The van der Waals surface area contributed by atoms with E-state index in [-0.39, 0.29) is 6.09 Å². The predicted molar refractivity (Wildman–Crippen MR) is 93.7 cm³/mol. The van der Waals surface area contributed by atoms with Gasteiger partial charge in [-0.2, -0.15) is 0 Å². The van der Waals surface area contributed by atoms with E-state index in [0.717, 1.165) is 44.8 Å². The van der Waals surface area contributed by atoms with Gasteiger partial charge in [0.2, 0.25) is 0 Å². The van der Waals surface area contributed by atoms with Gasteiger partial charge < -0.3 is 19.9 Å². The quantitative estimate of drug-likeness (QED) is 0.863. The van der Waals surface area contributed by atoms with Crippen molar-refractivity contribution < 1.29 is 9.53 Å². The van der Waals surface area contributed by atoms with Gasteiger partial charge in [0.05, 0.1) is 0 Å². The van der Waals surface area contributed by atoms with Crippen molar-refractivity contribution in [3.05, 3.63) is 0 Å². The summed E-state index contributed by atoms with van der Waals surface area (Å²) in [7, 11) is 0. The average Bonchev–Trinajstić information content (AvgIpc) is 2.80. The fourth-order valence-electron chi connectivity index (χ4n) is 3.51. The summed E-state index contributed by atoms with van der Waals surface area (Å²) in [6.07, 6.45) is 4.40. The summed E-state index contributed by atoms with van der Waals surface area (Å²) in [5.74, 6) is 0.792. The van der Waals surface area contributed by atoms with Crippen LogP contribution in [-0.2, 0) is 4.74 Å². The van der Waals surface area contributed by atoms with Crippen LogP contribution in [0.25, 0.3) is 0 Å². The van der Waals surface area contributed by atoms with Gasteiger partial charge in [0.25, 0.3) is 0 Å². The molecule has 0 saturated carbocycles. The molecule has 0 aromatic rings. The van der Waals surface area contributed by atoms with Gasteiger partial charge in [-0.1, -0.05) is 6.92 Å². The van der Waals surface area contributed by atoms with Crippen LogP contribution >= 0.6 is 0 Å². The highest BCUT2D eigenvalue weighted by atomic mass is 16.6. The molecule has 134 valence electrons. The molecule has 2 aliphatic heterocycles. The van der Waals surface area contributed by atoms with Crippen molar-refractivity contribution in [1.82, 2.24) is 15.1 Å². The van der Waals surface area contributed by atoms with Crippen LogP contribution in [0.4, 0.5) is 4.79 Å². The highest BCUT2D eigenvalue weighted by molar-refractivity contribution is 5.68. The van der Waals surface area contributed by atoms with Crippen LogP contribution in [0.2, 0.25) is 0 Å². The van der Waals surface area contributed by atoms with Crippen molar-refractivity contribution in [2.75, 3.05) is 39.3 Å². The van der Waals surface area contributed by atoms with E-state index in [9.17, 15) is 4.79 Å². The largest absolute Gasteiger partial charge is 0.444 e. The molecular weight excluding hydrogens is 290 g/mol. The summed E-state index contributed by atoms with van der Waals surface area (Å²) < 4.78 is 5.49. The lowest BCUT2D eigenvalue weighted by Gasteiger charge is -2.26. The maximum atomic E-state index is 12.2. The normalized spacial score (nSPS) is 27.0. The molecule has 0 aromatic carbocycles.